The second-order valence-corrected chi connectivity index (χ2v) is 15.4. The average molecular weight is 1040 g/mol. The molecular formula is C47H17BClF20NO. The highest BCUT2D eigenvalue weighted by atomic mass is 35.5. The molecule has 24 heteroatoms. The standard InChI is InChI=1S/C24BF20.C23H17ClNO/c26-5-1(6(27)14(35)21(42)13(5)34)25(2-7(28)15(36)22(43)16(37)8(2)29,3-9(30)17(38)23(44)18(39)10(3)31)4-11(32)19(40)24(45)20(41)12(4)33;24-20-11-6-10-19(15-20)23-21-12-5-4-7-17(21)13-14-25(23)16-22(26)18-8-2-1-3-9-18/h;1-15H,16H2/q-1;+1. The van der Waals surface area contributed by atoms with E-state index in [4.69, 9.17) is 11.6 Å². The molecule has 0 saturated carbocycles. The van der Waals surface area contributed by atoms with Crippen molar-refractivity contribution in [2.75, 3.05) is 0 Å². The summed E-state index contributed by atoms with van der Waals surface area (Å²) >= 11 is 6.22. The fourth-order valence-corrected chi connectivity index (χ4v) is 8.28. The zero-order valence-corrected chi connectivity index (χ0v) is 35.0. The monoisotopic (exact) mass is 1040 g/mol. The number of fused-ring (bicyclic) bond motifs is 1. The molecule has 71 heavy (non-hydrogen) atoms. The van der Waals surface area contributed by atoms with Crippen LogP contribution in [0.15, 0.2) is 91.1 Å². The molecule has 0 aliphatic rings. The summed E-state index contributed by atoms with van der Waals surface area (Å²) in [5.74, 6) is -71.3. The highest BCUT2D eigenvalue weighted by Crippen LogP contribution is 2.32. The molecule has 0 spiro atoms. The number of hydrogen-bond acceptors (Lipinski definition) is 1. The topological polar surface area (TPSA) is 20.9 Å². The van der Waals surface area contributed by atoms with Gasteiger partial charge in [-0.15, -0.1) is 21.9 Å². The number of halogens is 21. The molecule has 1 aromatic heterocycles. The van der Waals surface area contributed by atoms with E-state index in [2.05, 4.69) is 12.1 Å². The van der Waals surface area contributed by atoms with E-state index >= 15 is 35.1 Å². The molecule has 0 atom stereocenters. The van der Waals surface area contributed by atoms with Gasteiger partial charge in [0.05, 0.1) is 5.39 Å². The molecule has 0 fully saturated rings. The minimum atomic E-state index is -7.22. The van der Waals surface area contributed by atoms with Crippen LogP contribution in [0.4, 0.5) is 87.8 Å². The third kappa shape index (κ3) is 8.27. The number of pyridine rings is 1. The summed E-state index contributed by atoms with van der Waals surface area (Å²) < 4.78 is 296. The van der Waals surface area contributed by atoms with Crippen LogP contribution in [-0.4, -0.2) is 11.9 Å². The number of Topliss-reactive ketones (excluding diaryl/α,β-unsaturated/α-hetero) is 1. The van der Waals surface area contributed by atoms with Crippen LogP contribution in [0, 0.1) is 116 Å². The predicted octanol–water partition coefficient (Wildman–Crippen LogP) is 11.2. The number of benzene rings is 7. The van der Waals surface area contributed by atoms with Gasteiger partial charge in [-0.3, -0.25) is 4.79 Å². The molecule has 0 saturated heterocycles. The third-order valence-corrected chi connectivity index (χ3v) is 11.4. The van der Waals surface area contributed by atoms with Crippen molar-refractivity contribution < 1.29 is 97.2 Å². The quantitative estimate of drug-likeness (QED) is 0.0371. The van der Waals surface area contributed by atoms with Gasteiger partial charge in [0.2, 0.25) is 18.0 Å². The molecular weight excluding hydrogens is 1020 g/mol. The summed E-state index contributed by atoms with van der Waals surface area (Å²) in [6, 6.07) is 27.4. The summed E-state index contributed by atoms with van der Waals surface area (Å²) in [6.45, 7) is 0.274. The van der Waals surface area contributed by atoms with Crippen LogP contribution in [0.1, 0.15) is 10.4 Å². The Bertz CT molecular complexity index is 3120. The number of nitrogens with zero attached hydrogens (tertiary/aromatic N) is 1. The molecule has 2 nitrogen and oxygen atoms in total. The van der Waals surface area contributed by atoms with Crippen molar-refractivity contribution in [3.63, 3.8) is 0 Å². The normalized spacial score (nSPS) is 11.6. The summed E-state index contributed by atoms with van der Waals surface area (Å²) in [5, 5.41) is 2.90. The van der Waals surface area contributed by atoms with Crippen LogP contribution in [0.5, 0.6) is 0 Å². The lowest BCUT2D eigenvalue weighted by atomic mass is 9.12. The Morgan fingerprint density at radius 2 is 0.732 bits per heavy atom. The van der Waals surface area contributed by atoms with E-state index in [1.165, 1.54) is 0 Å². The number of rotatable bonds is 8. The van der Waals surface area contributed by atoms with Crippen molar-refractivity contribution in [1.29, 1.82) is 0 Å². The van der Waals surface area contributed by atoms with Crippen molar-refractivity contribution in [1.82, 2.24) is 0 Å². The molecule has 7 aromatic carbocycles. The molecule has 1 heterocycles. The van der Waals surface area contributed by atoms with Crippen LogP contribution < -0.4 is 26.4 Å². The minimum absolute atomic E-state index is 0.0779. The smallest absolute Gasteiger partial charge is 0.227 e. The van der Waals surface area contributed by atoms with E-state index in [0.717, 1.165) is 22.0 Å². The summed E-state index contributed by atoms with van der Waals surface area (Å²) in [7, 11) is 0. The van der Waals surface area contributed by atoms with Gasteiger partial charge in [-0.05, 0) is 29.7 Å². The largest absolute Gasteiger partial charge is 0.287 e. The number of aromatic nitrogens is 1. The second-order valence-electron chi connectivity index (χ2n) is 15.0. The van der Waals surface area contributed by atoms with Crippen molar-refractivity contribution in [2.24, 2.45) is 0 Å². The van der Waals surface area contributed by atoms with E-state index in [-0.39, 0.29) is 12.3 Å². The van der Waals surface area contributed by atoms with Gasteiger partial charge in [0, 0.05) is 22.2 Å². The zero-order valence-electron chi connectivity index (χ0n) is 34.2. The van der Waals surface area contributed by atoms with Gasteiger partial charge in [0.1, 0.15) is 52.7 Å². The van der Waals surface area contributed by atoms with E-state index in [0.29, 0.717) is 10.6 Å². The van der Waals surface area contributed by atoms with Crippen molar-refractivity contribution in [3.05, 3.63) is 218 Å². The van der Waals surface area contributed by atoms with Gasteiger partial charge in [-0.25, -0.2) is 87.8 Å². The van der Waals surface area contributed by atoms with Crippen LogP contribution in [0.25, 0.3) is 22.0 Å². The van der Waals surface area contributed by atoms with E-state index in [1.807, 2.05) is 83.6 Å². The zero-order chi connectivity index (χ0) is 52.3. The van der Waals surface area contributed by atoms with E-state index < -0.39 is 144 Å². The minimum Gasteiger partial charge on any atom is -0.287 e. The van der Waals surface area contributed by atoms with Crippen molar-refractivity contribution in [2.45, 2.75) is 6.54 Å². The second kappa shape index (κ2) is 19.4. The third-order valence-electron chi connectivity index (χ3n) is 11.2. The van der Waals surface area contributed by atoms with Gasteiger partial charge < -0.3 is 0 Å². The highest BCUT2D eigenvalue weighted by Gasteiger charge is 2.52. The summed E-state index contributed by atoms with van der Waals surface area (Å²) in [4.78, 5) is 12.8. The molecule has 0 amide bonds. The van der Waals surface area contributed by atoms with Crippen molar-refractivity contribution >= 4 is 56.2 Å². The molecule has 0 aliphatic carbocycles. The van der Waals surface area contributed by atoms with Crippen LogP contribution in [-0.2, 0) is 6.54 Å². The Kier molecular flexibility index (Phi) is 14.1. The Morgan fingerprint density at radius 3 is 1.10 bits per heavy atom. The first-order valence-electron chi connectivity index (χ1n) is 19.4. The van der Waals surface area contributed by atoms with Gasteiger partial charge in [0.25, 0.3) is 0 Å². The van der Waals surface area contributed by atoms with Crippen LogP contribution in [0.2, 0.25) is 5.02 Å². The van der Waals surface area contributed by atoms with Crippen molar-refractivity contribution in [3.8, 4) is 11.3 Å². The Hall–Kier alpha value is -7.43. The maximum Gasteiger partial charge on any atom is 0.227 e. The first-order valence-corrected chi connectivity index (χ1v) is 19.8. The molecule has 8 rings (SSSR count). The fourth-order valence-electron chi connectivity index (χ4n) is 8.09. The van der Waals surface area contributed by atoms with E-state index in [1.54, 1.807) is 0 Å². The number of hydrogen-bond donors (Lipinski definition) is 0. The highest BCUT2D eigenvalue weighted by molar-refractivity contribution is 7.20. The lowest BCUT2D eigenvalue weighted by Gasteiger charge is -2.44. The summed E-state index contributed by atoms with van der Waals surface area (Å²) in [6.07, 6.45) is -5.25. The number of carbonyl (C=O) groups excluding carboxylic acids is 1. The van der Waals surface area contributed by atoms with E-state index in [9.17, 15) is 57.5 Å². The maximum absolute atomic E-state index is 15.4. The molecule has 8 aromatic rings. The van der Waals surface area contributed by atoms with Gasteiger partial charge in [-0.2, -0.15) is 4.57 Å². The molecule has 0 radical (unpaired) electrons. The molecule has 0 unspecified atom stereocenters. The lowest BCUT2D eigenvalue weighted by Crippen LogP contribution is -2.81. The molecule has 0 N–H and O–H groups in total. The SMILES string of the molecule is Fc1c(F)c(F)c([B-](c2c(F)c(F)c(F)c(F)c2F)(c2c(F)c(F)c(F)c(F)c2F)c2c(F)c(F)c(F)c(F)c2F)c(F)c1F.O=C(C[n+]1ccc2ccccc2c1-c1cccc(Cl)c1)c1ccccc1. The number of carbonyl (C=O) groups is 1. The lowest BCUT2D eigenvalue weighted by molar-refractivity contribution is -0.671. The van der Waals surface area contributed by atoms with Crippen LogP contribution in [0.3, 0.4) is 0 Å². The first kappa shape index (κ1) is 51.4. The Morgan fingerprint density at radius 1 is 0.394 bits per heavy atom. The predicted molar refractivity (Wildman–Crippen MR) is 215 cm³/mol. The molecule has 0 bridgehead atoms. The fraction of sp³-hybridized carbons (Fsp3) is 0.0213. The summed E-state index contributed by atoms with van der Waals surface area (Å²) in [5.41, 5.74) is -11.6. The average Bonchev–Trinajstić information content (AvgIpc) is 3.36. The van der Waals surface area contributed by atoms with Gasteiger partial charge in [-0.1, -0.05) is 66.2 Å². The first-order chi connectivity index (χ1) is 33.4. The molecule has 366 valence electrons. The van der Waals surface area contributed by atoms with Gasteiger partial charge >= 0.3 is 0 Å². The van der Waals surface area contributed by atoms with Gasteiger partial charge in [0.15, 0.2) is 76.0 Å². The van der Waals surface area contributed by atoms with Crippen LogP contribution >= 0.6 is 11.6 Å². The Balaban J connectivity index is 0.000000240. The Labute approximate surface area is 388 Å². The number of ketones is 1. The molecule has 0 aliphatic heterocycles. The maximum atomic E-state index is 15.4.